The third-order valence-electron chi connectivity index (χ3n) is 3.21. The molecule has 3 heterocycles. The maximum Gasteiger partial charge on any atom is 0.174 e. The summed E-state index contributed by atoms with van der Waals surface area (Å²) < 4.78 is 6.92. The summed E-state index contributed by atoms with van der Waals surface area (Å²) in [5.41, 5.74) is 6.61. The van der Waals surface area contributed by atoms with Crippen molar-refractivity contribution >= 4 is 16.9 Å². The third-order valence-corrected chi connectivity index (χ3v) is 3.21. The SMILES string of the molecule is Nc1nncc2c1ncn2C1O[C@H](CO)[C@@H](O)[C@H]1O. The number of anilines is 1. The van der Waals surface area contributed by atoms with Crippen LogP contribution in [-0.4, -0.2) is 60.0 Å². The van der Waals surface area contributed by atoms with Gasteiger partial charge in [0, 0.05) is 0 Å². The Morgan fingerprint density at radius 1 is 1.37 bits per heavy atom. The summed E-state index contributed by atoms with van der Waals surface area (Å²) in [6.45, 7) is -0.386. The second-order valence-electron chi connectivity index (χ2n) is 4.34. The molecule has 1 aliphatic heterocycles. The van der Waals surface area contributed by atoms with E-state index in [9.17, 15) is 10.2 Å². The molecule has 0 amide bonds. The number of imidazole rings is 1. The summed E-state index contributed by atoms with van der Waals surface area (Å²) in [5.74, 6) is 0.169. The summed E-state index contributed by atoms with van der Waals surface area (Å²) in [4.78, 5) is 4.07. The first-order chi connectivity index (χ1) is 9.13. The van der Waals surface area contributed by atoms with Crippen molar-refractivity contribution in [3.63, 3.8) is 0 Å². The van der Waals surface area contributed by atoms with Crippen molar-refractivity contribution in [1.29, 1.82) is 0 Å². The summed E-state index contributed by atoms with van der Waals surface area (Å²) in [6, 6.07) is 0. The van der Waals surface area contributed by atoms with Gasteiger partial charge in [-0.15, -0.1) is 5.10 Å². The Bertz CT molecular complexity index is 603. The Morgan fingerprint density at radius 2 is 2.16 bits per heavy atom. The molecule has 1 aliphatic rings. The first-order valence-corrected chi connectivity index (χ1v) is 5.69. The summed E-state index contributed by atoms with van der Waals surface area (Å²) in [6.07, 6.45) is -1.19. The van der Waals surface area contributed by atoms with Gasteiger partial charge in [0.2, 0.25) is 0 Å². The molecule has 0 bridgehead atoms. The Hall–Kier alpha value is -1.81. The minimum absolute atomic E-state index is 0.169. The predicted octanol–water partition coefficient (Wildman–Crippen LogP) is -1.98. The zero-order valence-corrected chi connectivity index (χ0v) is 9.79. The molecule has 0 aliphatic carbocycles. The smallest absolute Gasteiger partial charge is 0.174 e. The van der Waals surface area contributed by atoms with Crippen molar-refractivity contribution < 1.29 is 20.1 Å². The molecule has 2 aromatic rings. The second-order valence-corrected chi connectivity index (χ2v) is 4.34. The lowest BCUT2D eigenvalue weighted by Gasteiger charge is -2.16. The fraction of sp³-hybridized carbons (Fsp3) is 0.500. The van der Waals surface area contributed by atoms with Crippen LogP contribution in [0.25, 0.3) is 11.0 Å². The van der Waals surface area contributed by atoms with Crippen LogP contribution in [0.1, 0.15) is 6.23 Å². The van der Waals surface area contributed by atoms with Gasteiger partial charge in [0.25, 0.3) is 0 Å². The largest absolute Gasteiger partial charge is 0.394 e. The van der Waals surface area contributed by atoms with Gasteiger partial charge in [-0.05, 0) is 0 Å². The summed E-state index contributed by atoms with van der Waals surface area (Å²) in [7, 11) is 0. The van der Waals surface area contributed by atoms with E-state index in [0.717, 1.165) is 0 Å². The lowest BCUT2D eigenvalue weighted by molar-refractivity contribution is -0.0509. The van der Waals surface area contributed by atoms with E-state index in [1.54, 1.807) is 0 Å². The van der Waals surface area contributed by atoms with Crippen LogP contribution in [0.4, 0.5) is 5.82 Å². The fourth-order valence-electron chi connectivity index (χ4n) is 2.20. The van der Waals surface area contributed by atoms with E-state index in [4.69, 9.17) is 15.6 Å². The average molecular weight is 267 g/mol. The number of fused-ring (bicyclic) bond motifs is 1. The van der Waals surface area contributed by atoms with E-state index >= 15 is 0 Å². The molecule has 9 heteroatoms. The van der Waals surface area contributed by atoms with Gasteiger partial charge in [0.15, 0.2) is 12.0 Å². The van der Waals surface area contributed by atoms with Gasteiger partial charge in [-0.25, -0.2) is 4.98 Å². The number of nitrogens with zero attached hydrogens (tertiary/aromatic N) is 4. The molecule has 1 fully saturated rings. The van der Waals surface area contributed by atoms with Crippen LogP contribution in [0.3, 0.4) is 0 Å². The molecular weight excluding hydrogens is 254 g/mol. The van der Waals surface area contributed by atoms with Crippen molar-refractivity contribution in [1.82, 2.24) is 19.7 Å². The van der Waals surface area contributed by atoms with Crippen LogP contribution >= 0.6 is 0 Å². The molecule has 1 unspecified atom stereocenters. The second kappa shape index (κ2) is 4.38. The van der Waals surface area contributed by atoms with Crippen molar-refractivity contribution in [2.24, 2.45) is 0 Å². The molecule has 102 valence electrons. The van der Waals surface area contributed by atoms with Crippen LogP contribution in [0.15, 0.2) is 12.5 Å². The van der Waals surface area contributed by atoms with Crippen LogP contribution < -0.4 is 5.73 Å². The number of aliphatic hydroxyl groups is 3. The number of aromatic nitrogens is 4. The minimum Gasteiger partial charge on any atom is -0.394 e. The molecule has 9 nitrogen and oxygen atoms in total. The summed E-state index contributed by atoms with van der Waals surface area (Å²) in [5, 5.41) is 36.1. The lowest BCUT2D eigenvalue weighted by Crippen LogP contribution is -2.33. The van der Waals surface area contributed by atoms with E-state index in [0.29, 0.717) is 11.0 Å². The number of hydrogen-bond acceptors (Lipinski definition) is 8. The fourth-order valence-corrected chi connectivity index (χ4v) is 2.20. The number of hydrogen-bond donors (Lipinski definition) is 4. The van der Waals surface area contributed by atoms with Crippen molar-refractivity contribution in [2.45, 2.75) is 24.5 Å². The van der Waals surface area contributed by atoms with E-state index in [2.05, 4.69) is 15.2 Å². The third kappa shape index (κ3) is 1.75. The molecule has 0 saturated carbocycles. The predicted molar refractivity (Wildman–Crippen MR) is 62.7 cm³/mol. The van der Waals surface area contributed by atoms with E-state index in [1.165, 1.54) is 17.1 Å². The van der Waals surface area contributed by atoms with Gasteiger partial charge >= 0.3 is 0 Å². The van der Waals surface area contributed by atoms with Gasteiger partial charge in [0.1, 0.15) is 23.8 Å². The first-order valence-electron chi connectivity index (χ1n) is 5.69. The maximum absolute atomic E-state index is 9.96. The van der Waals surface area contributed by atoms with Crippen LogP contribution in [0.2, 0.25) is 0 Å². The molecule has 0 radical (unpaired) electrons. The van der Waals surface area contributed by atoms with E-state index in [1.807, 2.05) is 0 Å². The Balaban J connectivity index is 2.04. The van der Waals surface area contributed by atoms with Gasteiger partial charge in [0.05, 0.1) is 24.6 Å². The molecule has 5 N–H and O–H groups in total. The molecule has 2 aromatic heterocycles. The van der Waals surface area contributed by atoms with E-state index in [-0.39, 0.29) is 12.4 Å². The van der Waals surface area contributed by atoms with Gasteiger partial charge in [-0.2, -0.15) is 5.10 Å². The van der Waals surface area contributed by atoms with Crippen molar-refractivity contribution in [3.8, 4) is 0 Å². The van der Waals surface area contributed by atoms with E-state index < -0.39 is 24.5 Å². The van der Waals surface area contributed by atoms with Gasteiger partial charge < -0.3 is 25.8 Å². The molecule has 0 spiro atoms. The molecule has 0 aromatic carbocycles. The highest BCUT2D eigenvalue weighted by Crippen LogP contribution is 2.31. The average Bonchev–Trinajstić information content (AvgIpc) is 2.94. The quantitative estimate of drug-likeness (QED) is 0.491. The zero-order valence-electron chi connectivity index (χ0n) is 9.79. The van der Waals surface area contributed by atoms with Crippen LogP contribution in [-0.2, 0) is 4.74 Å². The number of aliphatic hydroxyl groups excluding tert-OH is 3. The van der Waals surface area contributed by atoms with Crippen molar-refractivity contribution in [3.05, 3.63) is 12.5 Å². The molecule has 3 rings (SSSR count). The topological polar surface area (TPSA) is 140 Å². The monoisotopic (exact) mass is 267 g/mol. The highest BCUT2D eigenvalue weighted by molar-refractivity contribution is 5.83. The first kappa shape index (κ1) is 12.2. The van der Waals surface area contributed by atoms with Crippen LogP contribution in [0.5, 0.6) is 0 Å². The van der Waals surface area contributed by atoms with Crippen LogP contribution in [0, 0.1) is 0 Å². The normalized spacial score (nSPS) is 31.1. The maximum atomic E-state index is 9.96. The zero-order chi connectivity index (χ0) is 13.6. The Labute approximate surface area is 107 Å². The molecular formula is C10H13N5O4. The molecule has 1 saturated heterocycles. The highest BCUT2D eigenvalue weighted by atomic mass is 16.6. The number of nitrogens with two attached hydrogens (primary N) is 1. The number of ether oxygens (including phenoxy) is 1. The van der Waals surface area contributed by atoms with Gasteiger partial charge in [-0.1, -0.05) is 0 Å². The molecule has 4 atom stereocenters. The highest BCUT2D eigenvalue weighted by Gasteiger charge is 2.43. The summed E-state index contributed by atoms with van der Waals surface area (Å²) >= 11 is 0. The minimum atomic E-state index is -1.18. The van der Waals surface area contributed by atoms with Gasteiger partial charge in [-0.3, -0.25) is 4.57 Å². The molecule has 19 heavy (non-hydrogen) atoms. The Morgan fingerprint density at radius 3 is 2.84 bits per heavy atom. The standard InChI is InChI=1S/C10H13N5O4/c11-9-6-4(1-13-14-9)15(3-12-6)10-8(18)7(17)5(2-16)19-10/h1,3,5,7-8,10,16-18H,2H2,(H2,11,14)/t5-,7-,8-,10?/m1/s1. The number of nitrogen functional groups attached to an aromatic ring is 1. The number of rotatable bonds is 2. The van der Waals surface area contributed by atoms with Crippen molar-refractivity contribution in [2.75, 3.05) is 12.3 Å². The lowest BCUT2D eigenvalue weighted by atomic mass is 10.1. The Kier molecular flexibility index (Phi) is 2.82.